The highest BCUT2D eigenvalue weighted by Crippen LogP contribution is 2.40. The lowest BCUT2D eigenvalue weighted by molar-refractivity contribution is -0.662. The number of benzene rings is 1. The molecule has 0 amide bonds. The van der Waals surface area contributed by atoms with Crippen LogP contribution in [-0.2, 0) is 7.05 Å². The summed E-state index contributed by atoms with van der Waals surface area (Å²) in [5, 5.41) is 3.44. The van der Waals surface area contributed by atoms with Gasteiger partial charge < -0.3 is 0 Å². The van der Waals surface area contributed by atoms with Crippen molar-refractivity contribution >= 4 is 42.3 Å². The first-order valence-corrected chi connectivity index (χ1v) is 8.98. The van der Waals surface area contributed by atoms with E-state index in [2.05, 4.69) is 60.9 Å². The molecule has 110 valence electrons. The number of hydrogen-bond acceptors (Lipinski definition) is 3. The van der Waals surface area contributed by atoms with E-state index in [1.807, 2.05) is 17.7 Å². The van der Waals surface area contributed by atoms with Gasteiger partial charge in [-0.25, -0.2) is 4.57 Å². The third-order valence-electron chi connectivity index (χ3n) is 4.29. The molecule has 4 heteroatoms. The molecular weight excluding hydrogens is 308 g/mol. The highest BCUT2D eigenvalue weighted by molar-refractivity contribution is 7.41. The van der Waals surface area contributed by atoms with Crippen LogP contribution in [0.15, 0.2) is 29.9 Å². The first-order chi connectivity index (χ1) is 10.6. The van der Waals surface area contributed by atoms with E-state index in [9.17, 15) is 0 Å². The minimum absolute atomic E-state index is 1.13. The Morgan fingerprint density at radius 1 is 1.14 bits per heavy atom. The van der Waals surface area contributed by atoms with Gasteiger partial charge in [-0.15, -0.1) is 22.7 Å². The van der Waals surface area contributed by atoms with Crippen molar-refractivity contribution < 1.29 is 4.57 Å². The Kier molecular flexibility index (Phi) is 3.06. The van der Waals surface area contributed by atoms with Gasteiger partial charge in [0, 0.05) is 5.56 Å². The van der Waals surface area contributed by atoms with Crippen LogP contribution in [0.5, 0.6) is 0 Å². The second-order valence-electron chi connectivity index (χ2n) is 5.86. The Balaban J connectivity index is 2.16. The summed E-state index contributed by atoms with van der Waals surface area (Å²) in [6.07, 6.45) is 1.94. The fourth-order valence-electron chi connectivity index (χ4n) is 3.06. The van der Waals surface area contributed by atoms with E-state index in [4.69, 9.17) is 0 Å². The van der Waals surface area contributed by atoms with E-state index in [0.29, 0.717) is 0 Å². The summed E-state index contributed by atoms with van der Waals surface area (Å²) in [6, 6.07) is 6.74. The van der Waals surface area contributed by atoms with Gasteiger partial charge in [-0.2, -0.15) is 0 Å². The van der Waals surface area contributed by atoms with E-state index in [-0.39, 0.29) is 0 Å². The summed E-state index contributed by atoms with van der Waals surface area (Å²) in [5.41, 5.74) is 7.74. The van der Waals surface area contributed by atoms with Crippen molar-refractivity contribution in [2.45, 2.75) is 20.8 Å². The molecule has 0 unspecified atom stereocenters. The minimum atomic E-state index is 1.13. The zero-order valence-corrected chi connectivity index (χ0v) is 14.7. The maximum atomic E-state index is 4.68. The molecule has 0 saturated carbocycles. The third kappa shape index (κ3) is 1.91. The lowest BCUT2D eigenvalue weighted by Crippen LogP contribution is -2.31. The highest BCUT2D eigenvalue weighted by Gasteiger charge is 2.22. The number of thiophene rings is 2. The molecule has 3 heterocycles. The van der Waals surface area contributed by atoms with Gasteiger partial charge in [0.05, 0.1) is 16.4 Å². The van der Waals surface area contributed by atoms with Gasteiger partial charge in [0.15, 0.2) is 5.69 Å². The summed E-state index contributed by atoms with van der Waals surface area (Å²) in [5.74, 6) is 0. The molecule has 2 nitrogen and oxygen atoms in total. The van der Waals surface area contributed by atoms with Crippen molar-refractivity contribution in [3.63, 3.8) is 0 Å². The van der Waals surface area contributed by atoms with Crippen molar-refractivity contribution in [2.24, 2.45) is 7.05 Å². The smallest absolute Gasteiger partial charge is 0.231 e. The van der Waals surface area contributed by atoms with E-state index < -0.39 is 0 Å². The summed E-state index contributed by atoms with van der Waals surface area (Å²) in [4.78, 5) is 4.68. The first kappa shape index (κ1) is 13.9. The monoisotopic (exact) mass is 325 g/mol. The van der Waals surface area contributed by atoms with Crippen LogP contribution in [0.1, 0.15) is 16.7 Å². The SMILES string of the molecule is Cc1cc(C)c(C)c(-c2c3sc4sccc4c3nc[n+]2C)c1. The van der Waals surface area contributed by atoms with Crippen molar-refractivity contribution in [3.8, 4) is 11.3 Å². The molecule has 0 atom stereocenters. The minimum Gasteiger partial charge on any atom is -0.231 e. The van der Waals surface area contributed by atoms with Gasteiger partial charge in [0.25, 0.3) is 6.33 Å². The maximum absolute atomic E-state index is 4.68. The van der Waals surface area contributed by atoms with E-state index in [0.717, 1.165) is 5.52 Å². The maximum Gasteiger partial charge on any atom is 0.287 e. The highest BCUT2D eigenvalue weighted by atomic mass is 32.2. The molecule has 4 rings (SSSR count). The van der Waals surface area contributed by atoms with Gasteiger partial charge in [0.1, 0.15) is 4.70 Å². The quantitative estimate of drug-likeness (QED) is 0.454. The molecular formula is C18H17N2S2+. The molecule has 0 N–H and O–H groups in total. The average molecular weight is 325 g/mol. The van der Waals surface area contributed by atoms with Crippen molar-refractivity contribution in [1.29, 1.82) is 0 Å². The predicted octanol–water partition coefficient (Wildman–Crippen LogP) is 4.93. The summed E-state index contributed by atoms with van der Waals surface area (Å²) < 4.78 is 4.81. The van der Waals surface area contributed by atoms with Crippen molar-refractivity contribution in [1.82, 2.24) is 4.98 Å². The number of nitrogens with zero attached hydrogens (tertiary/aromatic N) is 2. The van der Waals surface area contributed by atoms with E-state index in [1.165, 1.54) is 42.0 Å². The topological polar surface area (TPSA) is 16.8 Å². The molecule has 0 aliphatic carbocycles. The van der Waals surface area contributed by atoms with Crippen molar-refractivity contribution in [3.05, 3.63) is 46.6 Å². The van der Waals surface area contributed by atoms with Gasteiger partial charge >= 0.3 is 0 Å². The molecule has 0 saturated heterocycles. The molecule has 0 fully saturated rings. The fraction of sp³-hybridized carbons (Fsp3) is 0.222. The molecule has 4 aromatic rings. The Bertz CT molecular complexity index is 1020. The molecule has 0 radical (unpaired) electrons. The van der Waals surface area contributed by atoms with Gasteiger partial charge in [-0.3, -0.25) is 0 Å². The van der Waals surface area contributed by atoms with E-state index >= 15 is 0 Å². The Morgan fingerprint density at radius 3 is 2.77 bits per heavy atom. The molecule has 0 aliphatic rings. The van der Waals surface area contributed by atoms with Gasteiger partial charge in [0.2, 0.25) is 5.52 Å². The zero-order chi connectivity index (χ0) is 15.4. The lowest BCUT2D eigenvalue weighted by Gasteiger charge is -2.11. The molecule has 3 aromatic heterocycles. The number of aryl methyl sites for hydroxylation is 3. The van der Waals surface area contributed by atoms with Crippen LogP contribution in [0.4, 0.5) is 0 Å². The Hall–Kier alpha value is -1.78. The third-order valence-corrected chi connectivity index (χ3v) is 6.53. The first-order valence-electron chi connectivity index (χ1n) is 7.29. The van der Waals surface area contributed by atoms with Crippen molar-refractivity contribution in [2.75, 3.05) is 0 Å². The molecule has 0 bridgehead atoms. The number of aromatic nitrogens is 2. The molecule has 0 spiro atoms. The molecule has 1 aromatic carbocycles. The van der Waals surface area contributed by atoms with Gasteiger partial charge in [-0.05, 0) is 54.4 Å². The molecule has 22 heavy (non-hydrogen) atoms. The fourth-order valence-corrected chi connectivity index (χ4v) is 5.36. The van der Waals surface area contributed by atoms with Crippen LogP contribution < -0.4 is 4.57 Å². The van der Waals surface area contributed by atoms with Crippen LogP contribution in [-0.4, -0.2) is 4.98 Å². The van der Waals surface area contributed by atoms with Crippen LogP contribution in [0.3, 0.4) is 0 Å². The predicted molar refractivity (Wildman–Crippen MR) is 95.8 cm³/mol. The average Bonchev–Trinajstić information content (AvgIpc) is 3.03. The summed E-state index contributed by atoms with van der Waals surface area (Å²) in [7, 11) is 2.09. The summed E-state index contributed by atoms with van der Waals surface area (Å²) in [6.45, 7) is 6.57. The van der Waals surface area contributed by atoms with Crippen LogP contribution in [0.25, 0.3) is 30.9 Å². The normalized spacial score (nSPS) is 11.6. The van der Waals surface area contributed by atoms with Crippen LogP contribution >= 0.6 is 22.7 Å². The second kappa shape index (κ2) is 4.86. The number of hydrogen-bond donors (Lipinski definition) is 0. The number of rotatable bonds is 1. The molecule has 0 aliphatic heterocycles. The number of fused-ring (bicyclic) bond motifs is 3. The van der Waals surface area contributed by atoms with Gasteiger partial charge in [-0.1, -0.05) is 11.6 Å². The zero-order valence-electron chi connectivity index (χ0n) is 13.1. The largest absolute Gasteiger partial charge is 0.287 e. The van der Waals surface area contributed by atoms with Crippen LogP contribution in [0.2, 0.25) is 0 Å². The standard InChI is InChI=1S/C18H17N2S2/c1-10-7-11(2)12(3)14(8-10)16-17-15(19-9-20(16)4)13-5-6-21-18(13)22-17/h5-9H,1-4H3/q+1. The Labute approximate surface area is 137 Å². The second-order valence-corrected chi connectivity index (χ2v) is 8.06. The summed E-state index contributed by atoms with van der Waals surface area (Å²) >= 11 is 3.66. The Morgan fingerprint density at radius 2 is 1.95 bits per heavy atom. The van der Waals surface area contributed by atoms with E-state index in [1.54, 1.807) is 11.3 Å². The van der Waals surface area contributed by atoms with Crippen LogP contribution in [0, 0.1) is 20.8 Å². The lowest BCUT2D eigenvalue weighted by atomic mass is 9.97.